The Morgan fingerprint density at radius 1 is 0.943 bits per heavy atom. The lowest BCUT2D eigenvalue weighted by Gasteiger charge is -2.32. The van der Waals surface area contributed by atoms with Crippen molar-refractivity contribution in [2.75, 3.05) is 23.7 Å². The van der Waals surface area contributed by atoms with E-state index in [0.717, 1.165) is 28.1 Å². The van der Waals surface area contributed by atoms with Crippen LogP contribution in [-0.4, -0.2) is 56.6 Å². The molecule has 2 rings (SSSR count). The van der Waals surface area contributed by atoms with Crippen molar-refractivity contribution in [2.45, 2.75) is 65.5 Å². The van der Waals surface area contributed by atoms with E-state index in [1.807, 2.05) is 70.2 Å². The van der Waals surface area contributed by atoms with Crippen molar-refractivity contribution in [3.8, 4) is 0 Å². The van der Waals surface area contributed by atoms with Crippen LogP contribution in [-0.2, 0) is 26.0 Å². The van der Waals surface area contributed by atoms with Gasteiger partial charge >= 0.3 is 0 Å². The van der Waals surface area contributed by atoms with Gasteiger partial charge < -0.3 is 10.2 Å². The Balaban J connectivity index is 2.37. The summed E-state index contributed by atoms with van der Waals surface area (Å²) in [4.78, 5) is 28.0. The van der Waals surface area contributed by atoms with E-state index in [0.29, 0.717) is 18.7 Å². The van der Waals surface area contributed by atoms with Gasteiger partial charge in [-0.15, -0.1) is 0 Å². The highest BCUT2D eigenvalue weighted by atomic mass is 32.2. The standard InChI is InChI=1S/C27H39N3O4S/c1-7-21(4)28-27(32)22(5)29(18-17-23-13-9-8-10-14-23)26(31)19-30(35(6,33)34)25-16-12-11-15-24(25)20(2)3/h8-16,20-22H,7,17-19H2,1-6H3,(H,28,32)/t21-,22+/m1/s1. The molecule has 2 aromatic rings. The Kier molecular flexibility index (Phi) is 10.3. The van der Waals surface area contributed by atoms with Crippen LogP contribution in [0.5, 0.6) is 0 Å². The van der Waals surface area contributed by atoms with Gasteiger partial charge in [0.2, 0.25) is 21.8 Å². The summed E-state index contributed by atoms with van der Waals surface area (Å²) in [7, 11) is -3.75. The molecule has 0 radical (unpaired) electrons. The summed E-state index contributed by atoms with van der Waals surface area (Å²) < 4.78 is 26.8. The molecule has 0 bridgehead atoms. The minimum absolute atomic E-state index is 0.0264. The molecule has 2 aromatic carbocycles. The molecule has 0 unspecified atom stereocenters. The summed E-state index contributed by atoms with van der Waals surface area (Å²) in [6, 6.07) is 16.1. The van der Waals surface area contributed by atoms with E-state index in [-0.39, 0.29) is 24.4 Å². The van der Waals surface area contributed by atoms with Crippen molar-refractivity contribution in [1.29, 1.82) is 0 Å². The number of anilines is 1. The Morgan fingerprint density at radius 2 is 1.54 bits per heavy atom. The predicted octanol–water partition coefficient (Wildman–Crippen LogP) is 3.95. The third kappa shape index (κ3) is 8.09. The molecule has 0 aliphatic heterocycles. The minimum atomic E-state index is -3.75. The quantitative estimate of drug-likeness (QED) is 0.477. The zero-order valence-electron chi connectivity index (χ0n) is 21.7. The van der Waals surface area contributed by atoms with Crippen LogP contribution in [0.15, 0.2) is 54.6 Å². The van der Waals surface area contributed by atoms with Crippen LogP contribution in [0.3, 0.4) is 0 Å². The van der Waals surface area contributed by atoms with Crippen molar-refractivity contribution in [3.05, 3.63) is 65.7 Å². The van der Waals surface area contributed by atoms with Gasteiger partial charge in [0.1, 0.15) is 12.6 Å². The van der Waals surface area contributed by atoms with Crippen LogP contribution in [0.25, 0.3) is 0 Å². The van der Waals surface area contributed by atoms with E-state index in [4.69, 9.17) is 0 Å². The molecule has 0 fully saturated rings. The topological polar surface area (TPSA) is 86.8 Å². The van der Waals surface area contributed by atoms with E-state index in [1.54, 1.807) is 19.1 Å². The summed E-state index contributed by atoms with van der Waals surface area (Å²) in [6.45, 7) is 9.45. The number of benzene rings is 2. The first-order valence-corrected chi connectivity index (χ1v) is 14.0. The molecule has 2 atom stereocenters. The number of para-hydroxylation sites is 1. The number of rotatable bonds is 12. The lowest BCUT2D eigenvalue weighted by Crippen LogP contribution is -2.53. The van der Waals surface area contributed by atoms with E-state index >= 15 is 0 Å². The first kappa shape index (κ1) is 28.4. The number of nitrogens with zero attached hydrogens (tertiary/aromatic N) is 2. The molecule has 7 nitrogen and oxygen atoms in total. The second-order valence-electron chi connectivity index (χ2n) is 9.30. The molecule has 0 saturated heterocycles. The summed E-state index contributed by atoms with van der Waals surface area (Å²) in [5.41, 5.74) is 2.35. The highest BCUT2D eigenvalue weighted by Gasteiger charge is 2.31. The molecule has 8 heteroatoms. The van der Waals surface area contributed by atoms with Gasteiger partial charge in [0.15, 0.2) is 0 Å². The van der Waals surface area contributed by atoms with Gasteiger partial charge in [-0.05, 0) is 49.8 Å². The summed E-state index contributed by atoms with van der Waals surface area (Å²) in [5, 5.41) is 2.94. The lowest BCUT2D eigenvalue weighted by molar-refractivity contribution is -0.139. The maximum Gasteiger partial charge on any atom is 0.244 e. The summed E-state index contributed by atoms with van der Waals surface area (Å²) in [5.74, 6) is -0.606. The molecular weight excluding hydrogens is 462 g/mol. The average Bonchev–Trinajstić information content (AvgIpc) is 2.82. The molecule has 0 spiro atoms. The fourth-order valence-electron chi connectivity index (χ4n) is 3.83. The molecule has 0 aliphatic rings. The zero-order valence-corrected chi connectivity index (χ0v) is 22.5. The fraction of sp³-hybridized carbons (Fsp3) is 0.481. The fourth-order valence-corrected chi connectivity index (χ4v) is 4.70. The van der Waals surface area contributed by atoms with Crippen molar-refractivity contribution in [2.24, 2.45) is 0 Å². The number of nitrogens with one attached hydrogen (secondary N) is 1. The molecule has 0 aliphatic carbocycles. The van der Waals surface area contributed by atoms with Gasteiger partial charge in [0, 0.05) is 12.6 Å². The second-order valence-corrected chi connectivity index (χ2v) is 11.2. The molecule has 2 amide bonds. The highest BCUT2D eigenvalue weighted by molar-refractivity contribution is 7.92. The van der Waals surface area contributed by atoms with Gasteiger partial charge in [-0.1, -0.05) is 69.3 Å². The largest absolute Gasteiger partial charge is 0.352 e. The maximum atomic E-state index is 13.6. The molecule has 1 N–H and O–H groups in total. The Bertz CT molecular complexity index is 1090. The van der Waals surface area contributed by atoms with Gasteiger partial charge in [0.25, 0.3) is 0 Å². The van der Waals surface area contributed by atoms with Crippen LogP contribution in [0.1, 0.15) is 58.1 Å². The number of hydrogen-bond donors (Lipinski definition) is 1. The predicted molar refractivity (Wildman–Crippen MR) is 142 cm³/mol. The van der Waals surface area contributed by atoms with Crippen molar-refractivity contribution >= 4 is 27.5 Å². The number of amides is 2. The second kappa shape index (κ2) is 12.7. The van der Waals surface area contributed by atoms with Crippen LogP contribution >= 0.6 is 0 Å². The number of carbonyl (C=O) groups is 2. The van der Waals surface area contributed by atoms with Crippen molar-refractivity contribution < 1.29 is 18.0 Å². The average molecular weight is 502 g/mol. The van der Waals surface area contributed by atoms with Gasteiger partial charge in [-0.25, -0.2) is 8.42 Å². The molecule has 35 heavy (non-hydrogen) atoms. The molecule has 0 heterocycles. The van der Waals surface area contributed by atoms with E-state index in [1.165, 1.54) is 4.90 Å². The van der Waals surface area contributed by atoms with E-state index < -0.39 is 22.0 Å². The molecule has 0 aromatic heterocycles. The van der Waals surface area contributed by atoms with E-state index in [9.17, 15) is 18.0 Å². The third-order valence-electron chi connectivity index (χ3n) is 6.16. The van der Waals surface area contributed by atoms with Crippen LogP contribution in [0, 0.1) is 0 Å². The molecule has 0 saturated carbocycles. The van der Waals surface area contributed by atoms with E-state index in [2.05, 4.69) is 5.32 Å². The Labute approximate surface area is 210 Å². The third-order valence-corrected chi connectivity index (χ3v) is 7.29. The monoisotopic (exact) mass is 501 g/mol. The Hall–Kier alpha value is -2.87. The van der Waals surface area contributed by atoms with Gasteiger partial charge in [-0.3, -0.25) is 13.9 Å². The number of hydrogen-bond acceptors (Lipinski definition) is 4. The summed E-state index contributed by atoms with van der Waals surface area (Å²) in [6.07, 6.45) is 2.42. The highest BCUT2D eigenvalue weighted by Crippen LogP contribution is 2.29. The normalized spacial score (nSPS) is 13.2. The van der Waals surface area contributed by atoms with Crippen LogP contribution in [0.2, 0.25) is 0 Å². The molecular formula is C27H39N3O4S. The summed E-state index contributed by atoms with van der Waals surface area (Å²) >= 11 is 0. The smallest absolute Gasteiger partial charge is 0.244 e. The molecule has 192 valence electrons. The van der Waals surface area contributed by atoms with Crippen LogP contribution in [0.4, 0.5) is 5.69 Å². The maximum absolute atomic E-state index is 13.6. The van der Waals surface area contributed by atoms with Crippen molar-refractivity contribution in [1.82, 2.24) is 10.2 Å². The van der Waals surface area contributed by atoms with Gasteiger partial charge in [-0.2, -0.15) is 0 Å². The van der Waals surface area contributed by atoms with Crippen LogP contribution < -0.4 is 9.62 Å². The van der Waals surface area contributed by atoms with Crippen molar-refractivity contribution in [3.63, 3.8) is 0 Å². The zero-order chi connectivity index (χ0) is 26.2. The first-order chi connectivity index (χ1) is 16.5. The van der Waals surface area contributed by atoms with Gasteiger partial charge in [0.05, 0.1) is 11.9 Å². The number of sulfonamides is 1. The number of carbonyl (C=O) groups excluding carboxylic acids is 2. The SMILES string of the molecule is CC[C@@H](C)NC(=O)[C@H](C)N(CCc1ccccc1)C(=O)CN(c1ccccc1C(C)C)S(C)(=O)=O. The minimum Gasteiger partial charge on any atom is -0.352 e. The lowest BCUT2D eigenvalue weighted by atomic mass is 10.0. The first-order valence-electron chi connectivity index (χ1n) is 12.2. The Morgan fingerprint density at radius 3 is 2.11 bits per heavy atom.